The van der Waals surface area contributed by atoms with Crippen LogP contribution in [0, 0.1) is 0 Å². The second-order valence-electron chi connectivity index (χ2n) is 3.61. The van der Waals surface area contributed by atoms with Gasteiger partial charge in [-0.15, -0.1) is 11.6 Å². The standard InChI is InChI=1S/C11H8ClF5OS/c1-5(18)9(12)8-4-6(19-11(15,16)17)2-3-7(8)10(13)14/h2-4,9-10H,1H3. The number of ketones is 1. The second-order valence-corrected chi connectivity index (χ2v) is 5.19. The molecule has 0 amide bonds. The highest BCUT2D eigenvalue weighted by atomic mass is 35.5. The van der Waals surface area contributed by atoms with Crippen LogP contribution < -0.4 is 0 Å². The van der Waals surface area contributed by atoms with Crippen LogP contribution in [-0.4, -0.2) is 11.3 Å². The molecule has 0 aliphatic heterocycles. The Labute approximate surface area is 115 Å². The minimum atomic E-state index is -4.54. The van der Waals surface area contributed by atoms with Crippen LogP contribution in [0.3, 0.4) is 0 Å². The molecule has 0 saturated heterocycles. The van der Waals surface area contributed by atoms with E-state index in [0.717, 1.165) is 25.1 Å². The third kappa shape index (κ3) is 4.65. The van der Waals surface area contributed by atoms with Gasteiger partial charge in [-0.1, -0.05) is 6.07 Å². The summed E-state index contributed by atoms with van der Waals surface area (Å²) < 4.78 is 62.1. The number of carbonyl (C=O) groups is 1. The van der Waals surface area contributed by atoms with E-state index in [4.69, 9.17) is 11.6 Å². The van der Waals surface area contributed by atoms with Gasteiger partial charge in [-0.2, -0.15) is 13.2 Å². The largest absolute Gasteiger partial charge is 0.446 e. The summed E-state index contributed by atoms with van der Waals surface area (Å²) in [6, 6.07) is 2.65. The molecule has 1 aromatic rings. The van der Waals surface area contributed by atoms with Crippen LogP contribution in [0.2, 0.25) is 0 Å². The second kappa shape index (κ2) is 6.09. The SMILES string of the molecule is CC(=O)C(Cl)c1cc(SC(F)(F)F)ccc1C(F)F. The summed E-state index contributed by atoms with van der Waals surface area (Å²) in [5.41, 5.74) is -5.37. The highest BCUT2D eigenvalue weighted by molar-refractivity contribution is 8.00. The van der Waals surface area contributed by atoms with Gasteiger partial charge in [0.1, 0.15) is 5.38 Å². The predicted octanol–water partition coefficient (Wildman–Crippen LogP) is 5.11. The lowest BCUT2D eigenvalue weighted by Gasteiger charge is -2.14. The lowest BCUT2D eigenvalue weighted by Crippen LogP contribution is -2.07. The third-order valence-electron chi connectivity index (χ3n) is 2.16. The molecular weight excluding hydrogens is 311 g/mol. The predicted molar refractivity (Wildman–Crippen MR) is 62.6 cm³/mol. The van der Waals surface area contributed by atoms with Crippen molar-refractivity contribution in [3.8, 4) is 0 Å². The maximum absolute atomic E-state index is 12.7. The highest BCUT2D eigenvalue weighted by Crippen LogP contribution is 2.40. The van der Waals surface area contributed by atoms with Crippen molar-refractivity contribution in [2.24, 2.45) is 0 Å². The summed E-state index contributed by atoms with van der Waals surface area (Å²) in [5.74, 6) is -0.613. The zero-order chi connectivity index (χ0) is 14.8. The minimum absolute atomic E-state index is 0.293. The molecule has 0 aliphatic rings. The van der Waals surface area contributed by atoms with Crippen LogP contribution in [0.1, 0.15) is 29.9 Å². The molecule has 0 N–H and O–H groups in total. The summed E-state index contributed by atoms with van der Waals surface area (Å²) in [6.45, 7) is 1.08. The molecule has 1 atom stereocenters. The number of rotatable bonds is 4. The van der Waals surface area contributed by atoms with Crippen LogP contribution in [0.4, 0.5) is 22.0 Å². The van der Waals surface area contributed by atoms with E-state index >= 15 is 0 Å². The van der Waals surface area contributed by atoms with E-state index in [1.807, 2.05) is 0 Å². The third-order valence-corrected chi connectivity index (χ3v) is 3.42. The molecular formula is C11H8ClF5OS. The number of halogens is 6. The van der Waals surface area contributed by atoms with Crippen LogP contribution >= 0.6 is 23.4 Å². The lowest BCUT2D eigenvalue weighted by atomic mass is 10.0. The molecule has 0 aromatic heterocycles. The number of thioether (sulfide) groups is 1. The Morgan fingerprint density at radius 3 is 2.26 bits per heavy atom. The van der Waals surface area contributed by atoms with Crippen molar-refractivity contribution in [3.63, 3.8) is 0 Å². The van der Waals surface area contributed by atoms with Crippen molar-refractivity contribution >= 4 is 29.1 Å². The Hall–Kier alpha value is -0.820. The van der Waals surface area contributed by atoms with Crippen LogP contribution in [-0.2, 0) is 4.79 Å². The average Bonchev–Trinajstić information content (AvgIpc) is 2.25. The first-order chi connectivity index (χ1) is 8.61. The van der Waals surface area contributed by atoms with Crippen LogP contribution in [0.5, 0.6) is 0 Å². The summed E-state index contributed by atoms with van der Waals surface area (Å²) >= 11 is 5.21. The number of carbonyl (C=O) groups excluding carboxylic acids is 1. The number of hydrogen-bond donors (Lipinski definition) is 0. The Morgan fingerprint density at radius 1 is 1.26 bits per heavy atom. The fraction of sp³-hybridized carbons (Fsp3) is 0.364. The van der Waals surface area contributed by atoms with Gasteiger partial charge in [0.05, 0.1) is 0 Å². The summed E-state index contributed by atoms with van der Waals surface area (Å²) in [7, 11) is 0. The van der Waals surface area contributed by atoms with Gasteiger partial charge in [0, 0.05) is 10.5 Å². The molecule has 19 heavy (non-hydrogen) atoms. The van der Waals surface area contributed by atoms with Crippen molar-refractivity contribution in [2.75, 3.05) is 0 Å². The fourth-order valence-corrected chi connectivity index (χ4v) is 2.17. The summed E-state index contributed by atoms with van der Waals surface area (Å²) in [4.78, 5) is 10.8. The monoisotopic (exact) mass is 318 g/mol. The van der Waals surface area contributed by atoms with Gasteiger partial charge in [0.2, 0.25) is 0 Å². The van der Waals surface area contributed by atoms with E-state index in [9.17, 15) is 26.7 Å². The molecule has 0 saturated carbocycles. The lowest BCUT2D eigenvalue weighted by molar-refractivity contribution is -0.116. The Balaban J connectivity index is 3.22. The van der Waals surface area contributed by atoms with Crippen molar-refractivity contribution in [2.45, 2.75) is 29.1 Å². The number of alkyl halides is 6. The highest BCUT2D eigenvalue weighted by Gasteiger charge is 2.30. The Kier molecular flexibility index (Phi) is 5.20. The fourth-order valence-electron chi connectivity index (χ4n) is 1.39. The minimum Gasteiger partial charge on any atom is -0.298 e. The van der Waals surface area contributed by atoms with E-state index in [-0.39, 0.29) is 10.5 Å². The number of hydrogen-bond acceptors (Lipinski definition) is 2. The molecule has 1 unspecified atom stereocenters. The van der Waals surface area contributed by atoms with Gasteiger partial charge in [-0.3, -0.25) is 4.79 Å². The number of benzene rings is 1. The van der Waals surface area contributed by atoms with E-state index in [0.29, 0.717) is 0 Å². The molecule has 1 aromatic carbocycles. The first kappa shape index (κ1) is 16.2. The normalized spacial score (nSPS) is 13.7. The van der Waals surface area contributed by atoms with Gasteiger partial charge >= 0.3 is 5.51 Å². The van der Waals surface area contributed by atoms with E-state index < -0.39 is 40.4 Å². The van der Waals surface area contributed by atoms with Gasteiger partial charge in [0.15, 0.2) is 5.78 Å². The molecule has 0 aliphatic carbocycles. The topological polar surface area (TPSA) is 17.1 Å². The summed E-state index contributed by atoms with van der Waals surface area (Å²) in [5, 5.41) is -1.39. The van der Waals surface area contributed by atoms with Gasteiger partial charge in [-0.05, 0) is 36.4 Å². The Bertz CT molecular complexity index is 475. The van der Waals surface area contributed by atoms with Crippen molar-refractivity contribution in [3.05, 3.63) is 29.3 Å². The van der Waals surface area contributed by atoms with E-state index in [1.54, 1.807) is 0 Å². The first-order valence-electron chi connectivity index (χ1n) is 4.94. The molecule has 0 radical (unpaired) electrons. The van der Waals surface area contributed by atoms with Crippen molar-refractivity contribution < 1.29 is 26.7 Å². The van der Waals surface area contributed by atoms with Crippen molar-refractivity contribution in [1.82, 2.24) is 0 Å². The van der Waals surface area contributed by atoms with Gasteiger partial charge < -0.3 is 0 Å². The molecule has 1 nitrogen and oxygen atoms in total. The molecule has 8 heteroatoms. The molecule has 0 heterocycles. The molecule has 0 bridgehead atoms. The van der Waals surface area contributed by atoms with Crippen LogP contribution in [0.15, 0.2) is 23.1 Å². The maximum Gasteiger partial charge on any atom is 0.446 e. The van der Waals surface area contributed by atoms with Gasteiger partial charge in [0.25, 0.3) is 6.43 Å². The smallest absolute Gasteiger partial charge is 0.298 e. The van der Waals surface area contributed by atoms with Crippen LogP contribution in [0.25, 0.3) is 0 Å². The zero-order valence-electron chi connectivity index (χ0n) is 9.47. The number of Topliss-reactive ketones (excluding diaryl/α,β-unsaturated/α-hetero) is 1. The average molecular weight is 319 g/mol. The maximum atomic E-state index is 12.7. The molecule has 106 valence electrons. The Morgan fingerprint density at radius 2 is 1.84 bits per heavy atom. The van der Waals surface area contributed by atoms with E-state index in [2.05, 4.69) is 0 Å². The zero-order valence-corrected chi connectivity index (χ0v) is 11.0. The quantitative estimate of drug-likeness (QED) is 0.436. The summed E-state index contributed by atoms with van der Waals surface area (Å²) in [6.07, 6.45) is -2.92. The first-order valence-corrected chi connectivity index (χ1v) is 6.19. The van der Waals surface area contributed by atoms with Crippen molar-refractivity contribution in [1.29, 1.82) is 0 Å². The van der Waals surface area contributed by atoms with E-state index in [1.165, 1.54) is 0 Å². The molecule has 0 fully saturated rings. The molecule has 1 rings (SSSR count). The van der Waals surface area contributed by atoms with Gasteiger partial charge in [-0.25, -0.2) is 8.78 Å². The molecule has 0 spiro atoms.